The van der Waals surface area contributed by atoms with Gasteiger partial charge in [0.15, 0.2) is 5.78 Å². The second-order valence-electron chi connectivity index (χ2n) is 4.62. The van der Waals surface area contributed by atoms with Gasteiger partial charge >= 0.3 is 0 Å². The molecule has 2 rings (SSSR count). The SMILES string of the molecule is O=C1CCN(CC(=O)Cc2ccccc2F)CC1. The van der Waals surface area contributed by atoms with Crippen LogP contribution in [0.3, 0.4) is 0 Å². The van der Waals surface area contributed by atoms with Gasteiger partial charge < -0.3 is 0 Å². The molecule has 0 saturated carbocycles. The number of ketones is 2. The van der Waals surface area contributed by atoms with E-state index in [1.807, 2.05) is 4.90 Å². The van der Waals surface area contributed by atoms with Crippen LogP contribution in [0.25, 0.3) is 0 Å². The minimum atomic E-state index is -0.334. The zero-order valence-electron chi connectivity index (χ0n) is 10.2. The fourth-order valence-corrected chi connectivity index (χ4v) is 2.12. The van der Waals surface area contributed by atoms with E-state index in [9.17, 15) is 14.0 Å². The first-order chi connectivity index (χ1) is 8.65. The summed E-state index contributed by atoms with van der Waals surface area (Å²) in [5.41, 5.74) is 0.440. The molecule has 0 unspecified atom stereocenters. The summed E-state index contributed by atoms with van der Waals surface area (Å²) in [6.07, 6.45) is 1.16. The molecule has 1 aromatic rings. The highest BCUT2D eigenvalue weighted by Crippen LogP contribution is 2.09. The molecule has 1 aliphatic heterocycles. The lowest BCUT2D eigenvalue weighted by Gasteiger charge is -2.24. The van der Waals surface area contributed by atoms with Crippen molar-refractivity contribution in [1.29, 1.82) is 0 Å². The molecule has 0 aromatic heterocycles. The molecule has 1 fully saturated rings. The van der Waals surface area contributed by atoms with Crippen molar-refractivity contribution in [2.75, 3.05) is 19.6 Å². The van der Waals surface area contributed by atoms with E-state index in [2.05, 4.69) is 0 Å². The quantitative estimate of drug-likeness (QED) is 0.813. The Bertz CT molecular complexity index is 449. The first-order valence-electron chi connectivity index (χ1n) is 6.14. The first kappa shape index (κ1) is 12.9. The Labute approximate surface area is 106 Å². The summed E-state index contributed by atoms with van der Waals surface area (Å²) in [7, 11) is 0. The molecule has 0 aliphatic carbocycles. The zero-order valence-corrected chi connectivity index (χ0v) is 10.2. The van der Waals surface area contributed by atoms with Gasteiger partial charge in [-0.25, -0.2) is 4.39 Å². The molecule has 3 nitrogen and oxygen atoms in total. The molecule has 0 spiro atoms. The third kappa shape index (κ3) is 3.47. The zero-order chi connectivity index (χ0) is 13.0. The van der Waals surface area contributed by atoms with Crippen molar-refractivity contribution in [1.82, 2.24) is 4.90 Å². The molecule has 1 aliphatic rings. The Balaban J connectivity index is 1.86. The van der Waals surface area contributed by atoms with Crippen LogP contribution in [-0.2, 0) is 16.0 Å². The van der Waals surface area contributed by atoms with Crippen LogP contribution >= 0.6 is 0 Å². The van der Waals surface area contributed by atoms with Gasteiger partial charge in [0.05, 0.1) is 6.54 Å². The van der Waals surface area contributed by atoms with E-state index in [4.69, 9.17) is 0 Å². The number of likely N-dealkylation sites (tertiary alicyclic amines) is 1. The lowest BCUT2D eigenvalue weighted by molar-refractivity contribution is -0.124. The molecule has 18 heavy (non-hydrogen) atoms. The third-order valence-electron chi connectivity index (χ3n) is 3.16. The van der Waals surface area contributed by atoms with Gasteiger partial charge in [0.25, 0.3) is 0 Å². The fourth-order valence-electron chi connectivity index (χ4n) is 2.12. The molecular formula is C14H16FNO2. The minimum Gasteiger partial charge on any atom is -0.300 e. The largest absolute Gasteiger partial charge is 0.300 e. The van der Waals surface area contributed by atoms with Gasteiger partial charge in [0.2, 0.25) is 0 Å². The van der Waals surface area contributed by atoms with Crippen LogP contribution in [0.5, 0.6) is 0 Å². The molecule has 0 radical (unpaired) electrons. The molecule has 0 atom stereocenters. The number of hydrogen-bond donors (Lipinski definition) is 0. The molecule has 1 heterocycles. The smallest absolute Gasteiger partial charge is 0.151 e. The summed E-state index contributed by atoms with van der Waals surface area (Å²) in [6, 6.07) is 6.33. The van der Waals surface area contributed by atoms with Gasteiger partial charge in [-0.1, -0.05) is 18.2 Å². The molecule has 4 heteroatoms. The predicted molar refractivity (Wildman–Crippen MR) is 65.8 cm³/mol. The van der Waals surface area contributed by atoms with Crippen molar-refractivity contribution in [3.63, 3.8) is 0 Å². The van der Waals surface area contributed by atoms with Crippen LogP contribution in [-0.4, -0.2) is 36.1 Å². The topological polar surface area (TPSA) is 37.4 Å². The second kappa shape index (κ2) is 5.87. The lowest BCUT2D eigenvalue weighted by atomic mass is 10.1. The number of carbonyl (C=O) groups excluding carboxylic acids is 2. The standard InChI is InChI=1S/C14H16FNO2/c15-14-4-2-1-3-11(14)9-13(18)10-16-7-5-12(17)6-8-16/h1-4H,5-10H2. The highest BCUT2D eigenvalue weighted by Gasteiger charge is 2.18. The Morgan fingerprint density at radius 3 is 2.56 bits per heavy atom. The van der Waals surface area contributed by atoms with E-state index >= 15 is 0 Å². The summed E-state index contributed by atoms with van der Waals surface area (Å²) in [5.74, 6) is -0.0816. The van der Waals surface area contributed by atoms with Gasteiger partial charge in [0, 0.05) is 32.4 Å². The van der Waals surface area contributed by atoms with Gasteiger partial charge in [-0.15, -0.1) is 0 Å². The average molecular weight is 249 g/mol. The van der Waals surface area contributed by atoms with Crippen molar-refractivity contribution >= 4 is 11.6 Å². The van der Waals surface area contributed by atoms with E-state index in [0.717, 1.165) is 0 Å². The summed E-state index contributed by atoms with van der Waals surface area (Å²) in [5, 5.41) is 0. The number of piperidine rings is 1. The number of nitrogens with zero attached hydrogens (tertiary/aromatic N) is 1. The predicted octanol–water partition coefficient (Wildman–Crippen LogP) is 1.60. The van der Waals surface area contributed by atoms with Crippen LogP contribution in [0.2, 0.25) is 0 Å². The normalized spacial score (nSPS) is 16.8. The number of rotatable bonds is 4. The van der Waals surface area contributed by atoms with E-state index < -0.39 is 0 Å². The molecule has 1 aromatic carbocycles. The first-order valence-corrected chi connectivity index (χ1v) is 6.14. The maximum Gasteiger partial charge on any atom is 0.151 e. The summed E-state index contributed by atoms with van der Waals surface area (Å²) >= 11 is 0. The number of benzene rings is 1. The van der Waals surface area contributed by atoms with Gasteiger partial charge in [-0.05, 0) is 11.6 Å². The second-order valence-corrected chi connectivity index (χ2v) is 4.62. The van der Waals surface area contributed by atoms with Crippen molar-refractivity contribution in [2.24, 2.45) is 0 Å². The van der Waals surface area contributed by atoms with E-state index in [1.54, 1.807) is 18.2 Å². The fraction of sp³-hybridized carbons (Fsp3) is 0.429. The minimum absolute atomic E-state index is 0.00514. The van der Waals surface area contributed by atoms with Crippen LogP contribution in [0.15, 0.2) is 24.3 Å². The average Bonchev–Trinajstić information content (AvgIpc) is 2.35. The molecule has 0 bridgehead atoms. The van der Waals surface area contributed by atoms with Crippen LogP contribution in [0.1, 0.15) is 18.4 Å². The van der Waals surface area contributed by atoms with Crippen LogP contribution in [0.4, 0.5) is 4.39 Å². The summed E-state index contributed by atoms with van der Waals surface area (Å²) in [4.78, 5) is 24.9. The molecule has 0 N–H and O–H groups in total. The van der Waals surface area contributed by atoms with Gasteiger partial charge in [0.1, 0.15) is 11.6 Å². The Morgan fingerprint density at radius 1 is 1.22 bits per heavy atom. The lowest BCUT2D eigenvalue weighted by Crippen LogP contribution is -2.37. The molecule has 96 valence electrons. The monoisotopic (exact) mass is 249 g/mol. The molecule has 1 saturated heterocycles. The molecular weight excluding hydrogens is 233 g/mol. The molecule has 0 amide bonds. The number of carbonyl (C=O) groups is 2. The van der Waals surface area contributed by atoms with Crippen LogP contribution in [0, 0.1) is 5.82 Å². The van der Waals surface area contributed by atoms with Crippen molar-refractivity contribution < 1.29 is 14.0 Å². The summed E-state index contributed by atoms with van der Waals surface area (Å²) in [6.45, 7) is 1.59. The van der Waals surface area contributed by atoms with E-state index in [0.29, 0.717) is 38.0 Å². The van der Waals surface area contributed by atoms with Crippen molar-refractivity contribution in [3.05, 3.63) is 35.6 Å². The highest BCUT2D eigenvalue weighted by molar-refractivity contribution is 5.83. The number of halogens is 1. The third-order valence-corrected chi connectivity index (χ3v) is 3.16. The van der Waals surface area contributed by atoms with Crippen molar-refractivity contribution in [2.45, 2.75) is 19.3 Å². The van der Waals surface area contributed by atoms with Gasteiger partial charge in [-0.3, -0.25) is 14.5 Å². The summed E-state index contributed by atoms with van der Waals surface area (Å²) < 4.78 is 13.4. The van der Waals surface area contributed by atoms with E-state index in [1.165, 1.54) is 6.07 Å². The van der Waals surface area contributed by atoms with E-state index in [-0.39, 0.29) is 23.8 Å². The van der Waals surface area contributed by atoms with Crippen LogP contribution < -0.4 is 0 Å². The maximum absolute atomic E-state index is 13.4. The number of hydrogen-bond acceptors (Lipinski definition) is 3. The maximum atomic E-state index is 13.4. The Morgan fingerprint density at radius 2 is 1.89 bits per heavy atom. The highest BCUT2D eigenvalue weighted by atomic mass is 19.1. The number of Topliss-reactive ketones (excluding diaryl/α,β-unsaturated/α-hetero) is 2. The Kier molecular flexibility index (Phi) is 4.20. The Hall–Kier alpha value is -1.55. The van der Waals surface area contributed by atoms with Gasteiger partial charge in [-0.2, -0.15) is 0 Å². The van der Waals surface area contributed by atoms with Crippen molar-refractivity contribution in [3.8, 4) is 0 Å².